The average molecular weight is 168 g/mol. The number of hydrogen-bond donors (Lipinski definition) is 0. The first-order valence-electron chi connectivity index (χ1n) is 2.34. The molecule has 1 aromatic rings. The van der Waals surface area contributed by atoms with Gasteiger partial charge in [0, 0.05) is 15.2 Å². The van der Waals surface area contributed by atoms with Crippen LogP contribution in [0.5, 0.6) is 0 Å². The maximum absolute atomic E-state index is 10.2. The van der Waals surface area contributed by atoms with Gasteiger partial charge in [0.2, 0.25) is 0 Å². The van der Waals surface area contributed by atoms with Crippen LogP contribution in [0.25, 0.3) is 0 Å². The third kappa shape index (κ3) is 2.57. The minimum absolute atomic E-state index is 0. The van der Waals surface area contributed by atoms with Gasteiger partial charge in [-0.05, 0) is 24.1 Å². The van der Waals surface area contributed by atoms with Crippen LogP contribution >= 0.6 is 11.3 Å². The topological polar surface area (TPSA) is 40.1 Å². The van der Waals surface area contributed by atoms with Crippen LogP contribution in [0, 0.1) is 6.92 Å². The summed E-state index contributed by atoms with van der Waals surface area (Å²) in [5.74, 6) is 0. The summed E-state index contributed by atoms with van der Waals surface area (Å²) in [6, 6.07) is 1.65. The fourth-order valence-electron chi connectivity index (χ4n) is 0.507. The molecule has 0 bridgehead atoms. The largest absolute Gasteiger partial charge is 1.00 e. The van der Waals surface area contributed by atoms with Crippen molar-refractivity contribution in [2.45, 2.75) is 11.8 Å². The predicted octanol–water partition coefficient (Wildman–Crippen LogP) is -1.70. The Hall–Kier alpha value is 0.407. The van der Waals surface area contributed by atoms with E-state index in [4.69, 9.17) is 0 Å². The maximum atomic E-state index is 10.2. The van der Waals surface area contributed by atoms with Crippen LogP contribution in [0.15, 0.2) is 16.3 Å². The van der Waals surface area contributed by atoms with E-state index < -0.39 is 11.1 Å². The second kappa shape index (κ2) is 4.32. The molecule has 0 aliphatic rings. The molecule has 1 heterocycles. The van der Waals surface area contributed by atoms with Gasteiger partial charge in [-0.3, -0.25) is 4.21 Å². The second-order valence-corrected chi connectivity index (χ2v) is 3.68. The van der Waals surface area contributed by atoms with Crippen molar-refractivity contribution in [1.82, 2.24) is 0 Å². The van der Waals surface area contributed by atoms with Gasteiger partial charge < -0.3 is 4.55 Å². The molecule has 50 valence electrons. The third-order valence-corrected chi connectivity index (χ3v) is 2.53. The molecule has 0 amide bonds. The zero-order valence-electron chi connectivity index (χ0n) is 5.79. The first-order valence-corrected chi connectivity index (χ1v) is 4.30. The molecule has 0 aliphatic heterocycles. The maximum Gasteiger partial charge on any atom is 1.00 e. The van der Waals surface area contributed by atoms with Crippen molar-refractivity contribution in [2.24, 2.45) is 0 Å². The SMILES string of the molecule is Cc1cc(S(=O)[O-])cs1.[Li+]. The minimum Gasteiger partial charge on any atom is -0.768 e. The van der Waals surface area contributed by atoms with Gasteiger partial charge in [-0.1, -0.05) is 0 Å². The van der Waals surface area contributed by atoms with Gasteiger partial charge in [0.1, 0.15) is 0 Å². The van der Waals surface area contributed by atoms with Crippen LogP contribution in [-0.4, -0.2) is 8.76 Å². The molecule has 0 aromatic carbocycles. The molecule has 0 radical (unpaired) electrons. The summed E-state index contributed by atoms with van der Waals surface area (Å²) in [5, 5.41) is 1.62. The molecule has 0 saturated heterocycles. The summed E-state index contributed by atoms with van der Waals surface area (Å²) in [6.07, 6.45) is 0. The molecule has 0 N–H and O–H groups in total. The smallest absolute Gasteiger partial charge is 0.768 e. The van der Waals surface area contributed by atoms with E-state index in [1.54, 1.807) is 11.4 Å². The van der Waals surface area contributed by atoms with Crippen LogP contribution < -0.4 is 18.9 Å². The van der Waals surface area contributed by atoms with Gasteiger partial charge in [-0.15, -0.1) is 11.3 Å². The number of rotatable bonds is 1. The van der Waals surface area contributed by atoms with Crippen molar-refractivity contribution in [3.8, 4) is 0 Å². The molecule has 0 spiro atoms. The Morgan fingerprint density at radius 3 is 2.50 bits per heavy atom. The molecule has 1 aromatic heterocycles. The molecule has 0 aliphatic carbocycles. The van der Waals surface area contributed by atoms with Crippen molar-refractivity contribution < 1.29 is 27.6 Å². The molecule has 10 heavy (non-hydrogen) atoms. The molecular formula is C5H5LiO2S2. The Balaban J connectivity index is 0.000000810. The average Bonchev–Trinajstić information content (AvgIpc) is 2.14. The molecule has 1 atom stereocenters. The first-order chi connectivity index (χ1) is 4.20. The summed E-state index contributed by atoms with van der Waals surface area (Å²) in [4.78, 5) is 1.41. The second-order valence-electron chi connectivity index (χ2n) is 1.63. The summed E-state index contributed by atoms with van der Waals surface area (Å²) in [5.41, 5.74) is 0. The van der Waals surface area contributed by atoms with Crippen molar-refractivity contribution in [3.05, 3.63) is 16.3 Å². The minimum atomic E-state index is -2.05. The Morgan fingerprint density at radius 1 is 1.70 bits per heavy atom. The normalized spacial score (nSPS) is 12.2. The van der Waals surface area contributed by atoms with Crippen LogP contribution in [-0.2, 0) is 11.1 Å². The Labute approximate surface area is 78.1 Å². The summed E-state index contributed by atoms with van der Waals surface area (Å²) in [6.45, 7) is 1.88. The number of hydrogen-bond acceptors (Lipinski definition) is 3. The molecule has 1 unspecified atom stereocenters. The monoisotopic (exact) mass is 168 g/mol. The van der Waals surface area contributed by atoms with E-state index in [9.17, 15) is 8.76 Å². The van der Waals surface area contributed by atoms with Gasteiger partial charge in [-0.25, -0.2) is 0 Å². The fourth-order valence-corrected chi connectivity index (χ4v) is 1.88. The fraction of sp³-hybridized carbons (Fsp3) is 0.200. The molecule has 0 fully saturated rings. The van der Waals surface area contributed by atoms with Crippen molar-refractivity contribution >= 4 is 22.4 Å². The predicted molar refractivity (Wildman–Crippen MR) is 36.2 cm³/mol. The first kappa shape index (κ1) is 10.4. The summed E-state index contributed by atoms with van der Waals surface area (Å²) >= 11 is -0.608. The van der Waals surface area contributed by atoms with E-state index in [0.29, 0.717) is 4.90 Å². The van der Waals surface area contributed by atoms with E-state index in [0.717, 1.165) is 4.88 Å². The summed E-state index contributed by atoms with van der Waals surface area (Å²) in [7, 11) is 0. The summed E-state index contributed by atoms with van der Waals surface area (Å²) < 4.78 is 20.4. The van der Waals surface area contributed by atoms with Crippen LogP contribution in [0.3, 0.4) is 0 Å². The molecule has 1 rings (SSSR count). The molecule has 5 heteroatoms. The van der Waals surface area contributed by atoms with Gasteiger partial charge in [0.15, 0.2) is 0 Å². The Morgan fingerprint density at radius 2 is 2.30 bits per heavy atom. The van der Waals surface area contributed by atoms with Crippen molar-refractivity contribution in [2.75, 3.05) is 0 Å². The van der Waals surface area contributed by atoms with Gasteiger partial charge in [-0.2, -0.15) is 0 Å². The van der Waals surface area contributed by atoms with E-state index in [2.05, 4.69) is 0 Å². The van der Waals surface area contributed by atoms with Crippen LogP contribution in [0.1, 0.15) is 4.88 Å². The number of aryl methyl sites for hydroxylation is 1. The molecule has 0 saturated carbocycles. The van der Waals surface area contributed by atoms with E-state index >= 15 is 0 Å². The standard InChI is InChI=1S/C5H6O2S2.Li/c1-4-2-5(3-8-4)9(6)7;/h2-3H,1H3,(H,6,7);/q;+1/p-1. The van der Waals surface area contributed by atoms with Crippen LogP contribution in [0.2, 0.25) is 0 Å². The molecular weight excluding hydrogens is 163 g/mol. The quantitative estimate of drug-likeness (QED) is 0.370. The van der Waals surface area contributed by atoms with E-state index in [1.165, 1.54) is 11.3 Å². The number of thiophene rings is 1. The zero-order valence-corrected chi connectivity index (χ0v) is 7.42. The van der Waals surface area contributed by atoms with Gasteiger partial charge >= 0.3 is 18.9 Å². The van der Waals surface area contributed by atoms with Gasteiger partial charge in [0.05, 0.1) is 0 Å². The van der Waals surface area contributed by atoms with E-state index in [1.807, 2.05) is 6.92 Å². The van der Waals surface area contributed by atoms with E-state index in [-0.39, 0.29) is 18.9 Å². The Kier molecular flexibility index (Phi) is 4.50. The Bertz CT molecular complexity index is 233. The van der Waals surface area contributed by atoms with Gasteiger partial charge in [0.25, 0.3) is 0 Å². The van der Waals surface area contributed by atoms with Crippen LogP contribution in [0.4, 0.5) is 0 Å². The third-order valence-electron chi connectivity index (χ3n) is 0.899. The van der Waals surface area contributed by atoms with Crippen molar-refractivity contribution in [1.29, 1.82) is 0 Å². The molecule has 2 nitrogen and oxygen atoms in total. The van der Waals surface area contributed by atoms with Crippen molar-refractivity contribution in [3.63, 3.8) is 0 Å². The zero-order chi connectivity index (χ0) is 6.85.